The van der Waals surface area contributed by atoms with Crippen LogP contribution >= 0.6 is 34.5 Å². The molecule has 0 aliphatic rings. The van der Waals surface area contributed by atoms with Crippen molar-refractivity contribution in [3.63, 3.8) is 0 Å². The fourth-order valence-corrected chi connectivity index (χ4v) is 3.16. The molecule has 0 bridgehead atoms. The van der Waals surface area contributed by atoms with Gasteiger partial charge in [0, 0.05) is 17.4 Å². The maximum Gasteiger partial charge on any atom is 0.352 e. The summed E-state index contributed by atoms with van der Waals surface area (Å²) in [5.74, 6) is -1.03. The molecular weight excluding hydrogens is 409 g/mol. The van der Waals surface area contributed by atoms with Gasteiger partial charge in [-0.3, -0.25) is 5.43 Å². The minimum Gasteiger partial charge on any atom is -0.508 e. The highest BCUT2D eigenvalue weighted by atomic mass is 35.5. The number of benzene rings is 2. The molecule has 2 aromatic carbocycles. The van der Waals surface area contributed by atoms with Gasteiger partial charge in [-0.05, 0) is 29.8 Å². The number of aromatic nitrogens is 1. The van der Waals surface area contributed by atoms with Gasteiger partial charge in [0.1, 0.15) is 11.5 Å². The van der Waals surface area contributed by atoms with Gasteiger partial charge in [0.05, 0.1) is 15.7 Å². The van der Waals surface area contributed by atoms with E-state index >= 15 is 0 Å². The topological polar surface area (TPSA) is 94.8 Å². The molecule has 3 N–H and O–H groups in total. The van der Waals surface area contributed by atoms with Crippen LogP contribution in [0.2, 0.25) is 10.0 Å². The molecule has 0 aliphatic carbocycles. The lowest BCUT2D eigenvalue weighted by Crippen LogP contribution is -2.17. The van der Waals surface area contributed by atoms with Gasteiger partial charge < -0.3 is 10.2 Å². The molecule has 1 aromatic heterocycles. The Labute approximate surface area is 168 Å². The molecule has 0 unspecified atom stereocenters. The largest absolute Gasteiger partial charge is 0.508 e. The molecule has 3 aromatic rings. The highest BCUT2D eigenvalue weighted by molar-refractivity contribution is 7.14. The fourth-order valence-electron chi connectivity index (χ4n) is 2.20. The second kappa shape index (κ2) is 8.39. The predicted octanol–water partition coefficient (Wildman–Crippen LogP) is 4.92. The molecule has 9 heteroatoms. The van der Waals surface area contributed by atoms with Crippen LogP contribution in [0, 0.1) is 0 Å². The van der Waals surface area contributed by atoms with E-state index in [1.165, 1.54) is 23.5 Å². The molecule has 27 heavy (non-hydrogen) atoms. The van der Waals surface area contributed by atoms with Crippen LogP contribution in [0.5, 0.6) is 5.75 Å². The van der Waals surface area contributed by atoms with Crippen molar-refractivity contribution in [3.05, 3.63) is 63.5 Å². The number of hydrogen-bond acceptors (Lipinski definition) is 6. The zero-order valence-electron chi connectivity index (χ0n) is 13.7. The SMILES string of the molecule is O=C(O)/C(Cc1ccc(O)cc1)=N\Nc1nc(-c2ccc(Cl)c(Cl)c2)cs1. The Bertz CT molecular complexity index is 1000. The Kier molecular flexibility index (Phi) is 5.95. The summed E-state index contributed by atoms with van der Waals surface area (Å²) in [6.07, 6.45) is 0.105. The zero-order chi connectivity index (χ0) is 19.4. The van der Waals surface area contributed by atoms with E-state index in [-0.39, 0.29) is 17.9 Å². The van der Waals surface area contributed by atoms with Gasteiger partial charge in [-0.15, -0.1) is 11.3 Å². The molecule has 6 nitrogen and oxygen atoms in total. The van der Waals surface area contributed by atoms with E-state index in [2.05, 4.69) is 15.5 Å². The average Bonchev–Trinajstić information content (AvgIpc) is 3.11. The number of anilines is 1. The first kappa shape index (κ1) is 19.2. The van der Waals surface area contributed by atoms with E-state index < -0.39 is 5.97 Å². The van der Waals surface area contributed by atoms with Crippen LogP contribution in [0.3, 0.4) is 0 Å². The average molecular weight is 422 g/mol. The summed E-state index contributed by atoms with van der Waals surface area (Å²) >= 11 is 13.2. The first-order valence-electron chi connectivity index (χ1n) is 7.67. The standard InChI is InChI=1S/C18H13Cl2N3O3S/c19-13-6-3-11(8-14(13)20)16-9-27-18(21-16)23-22-15(17(25)26)7-10-1-4-12(24)5-2-10/h1-6,8-9,24H,7H2,(H,21,23)(H,25,26)/b22-15-. The number of nitrogens with one attached hydrogen (secondary N) is 1. The van der Waals surface area contributed by atoms with Crippen molar-refractivity contribution in [2.75, 3.05) is 5.43 Å². The van der Waals surface area contributed by atoms with Crippen LogP contribution in [0.1, 0.15) is 5.56 Å². The van der Waals surface area contributed by atoms with Crippen LogP contribution in [-0.4, -0.2) is 26.9 Å². The van der Waals surface area contributed by atoms with Crippen LogP contribution < -0.4 is 5.43 Å². The lowest BCUT2D eigenvalue weighted by atomic mass is 10.1. The first-order valence-corrected chi connectivity index (χ1v) is 9.30. The number of halogens is 2. The summed E-state index contributed by atoms with van der Waals surface area (Å²) in [4.78, 5) is 15.8. The van der Waals surface area contributed by atoms with Gasteiger partial charge in [-0.25, -0.2) is 9.78 Å². The molecule has 0 fully saturated rings. The number of nitrogens with zero attached hydrogens (tertiary/aromatic N) is 2. The minimum absolute atomic E-state index is 0.0769. The molecule has 0 saturated heterocycles. The van der Waals surface area contributed by atoms with Crippen molar-refractivity contribution < 1.29 is 15.0 Å². The third-order valence-electron chi connectivity index (χ3n) is 3.56. The second-order valence-corrected chi connectivity index (χ2v) is 7.16. The van der Waals surface area contributed by atoms with E-state index in [1.54, 1.807) is 35.7 Å². The van der Waals surface area contributed by atoms with E-state index in [0.717, 1.165) is 5.56 Å². The van der Waals surface area contributed by atoms with Gasteiger partial charge in [0.15, 0.2) is 0 Å². The van der Waals surface area contributed by atoms with Crippen LogP contribution in [-0.2, 0) is 11.2 Å². The number of carbonyl (C=O) groups is 1. The number of phenolic OH excluding ortho intramolecular Hbond substituents is 1. The van der Waals surface area contributed by atoms with E-state index in [9.17, 15) is 15.0 Å². The van der Waals surface area contributed by atoms with Crippen molar-refractivity contribution in [2.45, 2.75) is 6.42 Å². The van der Waals surface area contributed by atoms with Gasteiger partial charge in [-0.2, -0.15) is 5.10 Å². The van der Waals surface area contributed by atoms with E-state index in [4.69, 9.17) is 23.2 Å². The number of phenols is 1. The van der Waals surface area contributed by atoms with E-state index in [1.807, 2.05) is 0 Å². The van der Waals surface area contributed by atoms with Gasteiger partial charge in [-0.1, -0.05) is 41.4 Å². The Morgan fingerprint density at radius 3 is 2.56 bits per heavy atom. The van der Waals surface area contributed by atoms with Gasteiger partial charge >= 0.3 is 5.97 Å². The van der Waals surface area contributed by atoms with Crippen molar-refractivity contribution in [2.24, 2.45) is 5.10 Å². The molecule has 1 heterocycles. The summed E-state index contributed by atoms with van der Waals surface area (Å²) in [6, 6.07) is 11.5. The highest BCUT2D eigenvalue weighted by Gasteiger charge is 2.12. The minimum atomic E-state index is -1.14. The number of aromatic hydroxyl groups is 1. The third kappa shape index (κ3) is 4.97. The third-order valence-corrected chi connectivity index (χ3v) is 5.05. The molecule has 0 amide bonds. The number of hydrogen-bond donors (Lipinski definition) is 3. The zero-order valence-corrected chi connectivity index (χ0v) is 16.0. The molecule has 3 rings (SSSR count). The Morgan fingerprint density at radius 1 is 1.15 bits per heavy atom. The lowest BCUT2D eigenvalue weighted by molar-refractivity contribution is -0.129. The monoisotopic (exact) mass is 421 g/mol. The molecule has 0 radical (unpaired) electrons. The highest BCUT2D eigenvalue weighted by Crippen LogP contribution is 2.30. The summed E-state index contributed by atoms with van der Waals surface area (Å²) in [5, 5.41) is 25.7. The fraction of sp³-hybridized carbons (Fsp3) is 0.0556. The van der Waals surface area contributed by atoms with Gasteiger partial charge in [0.25, 0.3) is 0 Å². The molecule has 0 aliphatic heterocycles. The summed E-state index contributed by atoms with van der Waals surface area (Å²) in [6.45, 7) is 0. The summed E-state index contributed by atoms with van der Waals surface area (Å²) < 4.78 is 0. The summed E-state index contributed by atoms with van der Waals surface area (Å²) in [7, 11) is 0. The molecule has 138 valence electrons. The predicted molar refractivity (Wildman–Crippen MR) is 108 cm³/mol. The van der Waals surface area contributed by atoms with Crippen LogP contribution in [0.4, 0.5) is 5.13 Å². The second-order valence-electron chi connectivity index (χ2n) is 5.49. The Morgan fingerprint density at radius 2 is 1.89 bits per heavy atom. The molecule has 0 atom stereocenters. The normalized spacial score (nSPS) is 11.4. The molecular formula is C18H13Cl2N3O3S. The lowest BCUT2D eigenvalue weighted by Gasteiger charge is -2.03. The molecule has 0 saturated carbocycles. The number of aliphatic carboxylic acids is 1. The van der Waals surface area contributed by atoms with Crippen LogP contribution in [0.25, 0.3) is 11.3 Å². The maximum absolute atomic E-state index is 11.4. The Hall–Kier alpha value is -2.61. The van der Waals surface area contributed by atoms with Crippen molar-refractivity contribution in [3.8, 4) is 17.0 Å². The summed E-state index contributed by atoms with van der Waals surface area (Å²) in [5.41, 5.74) is 4.78. The smallest absolute Gasteiger partial charge is 0.352 e. The number of carboxylic acid groups (broad SMARTS) is 1. The van der Waals surface area contributed by atoms with Gasteiger partial charge in [0.2, 0.25) is 5.13 Å². The number of hydrazone groups is 1. The number of thiazole rings is 1. The first-order chi connectivity index (χ1) is 12.9. The van der Waals surface area contributed by atoms with Crippen molar-refractivity contribution in [1.29, 1.82) is 0 Å². The Balaban J connectivity index is 1.75. The van der Waals surface area contributed by atoms with Crippen LogP contribution in [0.15, 0.2) is 52.9 Å². The number of carboxylic acids is 1. The van der Waals surface area contributed by atoms with Crippen molar-refractivity contribution >= 4 is 51.4 Å². The maximum atomic E-state index is 11.4. The quantitative estimate of drug-likeness (QED) is 0.387. The van der Waals surface area contributed by atoms with Crippen molar-refractivity contribution in [1.82, 2.24) is 4.98 Å². The van der Waals surface area contributed by atoms with E-state index in [0.29, 0.717) is 26.4 Å². The molecule has 0 spiro atoms. The number of rotatable bonds is 6.